The average molecular weight is 534 g/mol. The van der Waals surface area contributed by atoms with E-state index in [9.17, 15) is 14.7 Å². The molecule has 40 heavy (non-hydrogen) atoms. The summed E-state index contributed by atoms with van der Waals surface area (Å²) in [5.41, 5.74) is 4.69. The molecule has 0 radical (unpaired) electrons. The van der Waals surface area contributed by atoms with Gasteiger partial charge in [0.1, 0.15) is 23.9 Å². The van der Waals surface area contributed by atoms with Gasteiger partial charge in [-0.05, 0) is 78.1 Å². The van der Waals surface area contributed by atoms with Gasteiger partial charge in [-0.3, -0.25) is 14.5 Å². The molecule has 4 aromatic rings. The Kier molecular flexibility index (Phi) is 7.69. The first kappa shape index (κ1) is 26.8. The van der Waals surface area contributed by atoms with E-state index in [4.69, 9.17) is 9.47 Å². The molecule has 4 aromatic carbocycles. The van der Waals surface area contributed by atoms with Crippen LogP contribution in [-0.2, 0) is 22.6 Å². The fraction of sp³-hybridized carbons (Fsp3) is 0.176. The van der Waals surface area contributed by atoms with Gasteiger partial charge >= 0.3 is 0 Å². The number of carbonyl (C=O) groups excluding carboxylic acids is 2. The third-order valence-electron chi connectivity index (χ3n) is 7.18. The molecule has 0 aliphatic carbocycles. The predicted octanol–water partition coefficient (Wildman–Crippen LogP) is 6.77. The zero-order chi connectivity index (χ0) is 28.2. The molecule has 1 amide bonds. The Bertz CT molecular complexity index is 1560. The van der Waals surface area contributed by atoms with Crippen LogP contribution < -0.4 is 14.4 Å². The van der Waals surface area contributed by atoms with Gasteiger partial charge in [0.2, 0.25) is 0 Å². The standard InChI is InChI=1S/C34H31NO5/c1-4-23-10-15-27(16-11-23)35-31(25-12-17-28(39-3)18-13-25)30(33(37)34(35)38)32(36)26-14-19-29(22(2)20-26)40-21-24-8-6-5-7-9-24/h5-20,31,36H,4,21H2,1-3H3/b32-30-. The second-order valence-electron chi connectivity index (χ2n) is 9.72. The molecule has 0 saturated carbocycles. The minimum Gasteiger partial charge on any atom is -0.507 e. The first-order valence-corrected chi connectivity index (χ1v) is 13.2. The van der Waals surface area contributed by atoms with Gasteiger partial charge in [-0.2, -0.15) is 0 Å². The highest BCUT2D eigenvalue weighted by Crippen LogP contribution is 2.43. The van der Waals surface area contributed by atoms with E-state index in [1.165, 1.54) is 4.90 Å². The van der Waals surface area contributed by atoms with Crippen molar-refractivity contribution in [3.63, 3.8) is 0 Å². The summed E-state index contributed by atoms with van der Waals surface area (Å²) < 4.78 is 11.3. The van der Waals surface area contributed by atoms with Crippen LogP contribution in [0, 0.1) is 6.92 Å². The van der Waals surface area contributed by atoms with Crippen molar-refractivity contribution >= 4 is 23.1 Å². The highest BCUT2D eigenvalue weighted by atomic mass is 16.5. The number of hydrogen-bond acceptors (Lipinski definition) is 5. The third kappa shape index (κ3) is 5.21. The molecule has 1 fully saturated rings. The van der Waals surface area contributed by atoms with E-state index in [0.29, 0.717) is 34.9 Å². The van der Waals surface area contributed by atoms with E-state index < -0.39 is 17.7 Å². The average Bonchev–Trinajstić information content (AvgIpc) is 3.26. The van der Waals surface area contributed by atoms with Gasteiger partial charge in [-0.25, -0.2) is 0 Å². The molecular weight excluding hydrogens is 502 g/mol. The smallest absolute Gasteiger partial charge is 0.300 e. The number of aliphatic hydroxyl groups excluding tert-OH is 1. The molecule has 1 atom stereocenters. The quantitative estimate of drug-likeness (QED) is 0.154. The fourth-order valence-corrected chi connectivity index (χ4v) is 4.94. The number of benzene rings is 4. The Morgan fingerprint density at radius 2 is 1.57 bits per heavy atom. The molecule has 1 unspecified atom stereocenters. The monoisotopic (exact) mass is 533 g/mol. The van der Waals surface area contributed by atoms with E-state index in [1.807, 2.05) is 73.7 Å². The van der Waals surface area contributed by atoms with Gasteiger partial charge in [0, 0.05) is 11.3 Å². The first-order chi connectivity index (χ1) is 19.4. The van der Waals surface area contributed by atoms with E-state index in [1.54, 1.807) is 37.4 Å². The zero-order valence-corrected chi connectivity index (χ0v) is 22.8. The highest BCUT2D eigenvalue weighted by Gasteiger charge is 2.47. The van der Waals surface area contributed by atoms with Gasteiger partial charge in [0.15, 0.2) is 0 Å². The number of methoxy groups -OCH3 is 1. The molecule has 1 aliphatic rings. The second kappa shape index (κ2) is 11.5. The van der Waals surface area contributed by atoms with Gasteiger partial charge in [0.25, 0.3) is 11.7 Å². The van der Waals surface area contributed by atoms with Crippen LogP contribution in [0.15, 0.2) is 103 Å². The number of carbonyl (C=O) groups is 2. The van der Waals surface area contributed by atoms with Crippen molar-refractivity contribution in [2.24, 2.45) is 0 Å². The Labute approximate surface area is 234 Å². The van der Waals surface area contributed by atoms with Gasteiger partial charge in [-0.1, -0.05) is 61.5 Å². The van der Waals surface area contributed by atoms with Crippen molar-refractivity contribution in [2.45, 2.75) is 32.9 Å². The van der Waals surface area contributed by atoms with Crippen LogP contribution in [0.1, 0.15) is 40.8 Å². The lowest BCUT2D eigenvalue weighted by molar-refractivity contribution is -0.132. The van der Waals surface area contributed by atoms with Crippen LogP contribution in [-0.4, -0.2) is 23.9 Å². The molecule has 6 nitrogen and oxygen atoms in total. The van der Waals surface area contributed by atoms with E-state index in [0.717, 1.165) is 23.1 Å². The Morgan fingerprint density at radius 3 is 2.20 bits per heavy atom. The maximum Gasteiger partial charge on any atom is 0.300 e. The van der Waals surface area contributed by atoms with Crippen molar-refractivity contribution in [1.29, 1.82) is 0 Å². The van der Waals surface area contributed by atoms with Crippen molar-refractivity contribution in [2.75, 3.05) is 12.0 Å². The van der Waals surface area contributed by atoms with E-state index in [-0.39, 0.29) is 11.3 Å². The number of amides is 1. The van der Waals surface area contributed by atoms with Crippen molar-refractivity contribution in [1.82, 2.24) is 0 Å². The first-order valence-electron chi connectivity index (χ1n) is 13.2. The normalized spacial score (nSPS) is 16.3. The number of Topliss-reactive ketones (excluding diaryl/α,β-unsaturated/α-hetero) is 1. The SMILES string of the molecule is CCc1ccc(N2C(=O)C(=O)/C(=C(\O)c3ccc(OCc4ccccc4)c(C)c3)C2c2ccc(OC)cc2)cc1. The van der Waals surface area contributed by atoms with Crippen molar-refractivity contribution in [3.8, 4) is 11.5 Å². The summed E-state index contributed by atoms with van der Waals surface area (Å²) >= 11 is 0. The highest BCUT2D eigenvalue weighted by molar-refractivity contribution is 6.51. The van der Waals surface area contributed by atoms with E-state index >= 15 is 0 Å². The lowest BCUT2D eigenvalue weighted by atomic mass is 9.94. The number of nitrogens with zero attached hydrogens (tertiary/aromatic N) is 1. The molecule has 1 N–H and O–H groups in total. The summed E-state index contributed by atoms with van der Waals surface area (Å²) in [6.07, 6.45) is 0.853. The van der Waals surface area contributed by atoms with Crippen molar-refractivity contribution < 1.29 is 24.2 Å². The Hall–Kier alpha value is -4.84. The molecule has 1 heterocycles. The molecule has 202 valence electrons. The van der Waals surface area contributed by atoms with Crippen LogP contribution in [0.25, 0.3) is 5.76 Å². The van der Waals surface area contributed by atoms with Gasteiger partial charge in [-0.15, -0.1) is 0 Å². The Morgan fingerprint density at radius 1 is 0.875 bits per heavy atom. The summed E-state index contributed by atoms with van der Waals surface area (Å²) in [4.78, 5) is 28.4. The summed E-state index contributed by atoms with van der Waals surface area (Å²) in [6.45, 7) is 4.34. The van der Waals surface area contributed by atoms with Crippen LogP contribution in [0.4, 0.5) is 5.69 Å². The molecular formula is C34H31NO5. The molecule has 0 spiro atoms. The summed E-state index contributed by atoms with van der Waals surface area (Å²) in [5.74, 6) is -0.339. The zero-order valence-electron chi connectivity index (χ0n) is 22.8. The number of ether oxygens (including phenoxy) is 2. The van der Waals surface area contributed by atoms with E-state index in [2.05, 4.69) is 6.92 Å². The third-order valence-corrected chi connectivity index (χ3v) is 7.18. The summed E-state index contributed by atoms with van der Waals surface area (Å²) in [6, 6.07) is 29.0. The topological polar surface area (TPSA) is 76.1 Å². The van der Waals surface area contributed by atoms with Crippen LogP contribution in [0.5, 0.6) is 11.5 Å². The number of anilines is 1. The van der Waals surface area contributed by atoms with Crippen molar-refractivity contribution in [3.05, 3.63) is 130 Å². The van der Waals surface area contributed by atoms with Gasteiger partial charge < -0.3 is 14.6 Å². The Balaban J connectivity index is 1.55. The number of ketones is 1. The maximum atomic E-state index is 13.5. The second-order valence-corrected chi connectivity index (χ2v) is 9.72. The van der Waals surface area contributed by atoms with Crippen LogP contribution >= 0.6 is 0 Å². The molecule has 0 bridgehead atoms. The predicted molar refractivity (Wildman–Crippen MR) is 156 cm³/mol. The molecule has 6 heteroatoms. The largest absolute Gasteiger partial charge is 0.507 e. The van der Waals surface area contributed by atoms with Crippen LogP contribution in [0.3, 0.4) is 0 Å². The maximum absolute atomic E-state index is 13.5. The number of aliphatic hydroxyl groups is 1. The fourth-order valence-electron chi connectivity index (χ4n) is 4.94. The van der Waals surface area contributed by atoms with Gasteiger partial charge in [0.05, 0.1) is 18.7 Å². The molecule has 1 aliphatic heterocycles. The molecule has 1 saturated heterocycles. The lowest BCUT2D eigenvalue weighted by Crippen LogP contribution is -2.29. The minimum absolute atomic E-state index is 0.0343. The lowest BCUT2D eigenvalue weighted by Gasteiger charge is -2.26. The number of rotatable bonds is 8. The molecule has 0 aromatic heterocycles. The number of hydrogen-bond donors (Lipinski definition) is 1. The molecule has 5 rings (SSSR count). The summed E-state index contributed by atoms with van der Waals surface area (Å²) in [5, 5.41) is 11.5. The van der Waals surface area contributed by atoms with Crippen LogP contribution in [0.2, 0.25) is 0 Å². The minimum atomic E-state index is -0.812. The summed E-state index contributed by atoms with van der Waals surface area (Å²) in [7, 11) is 1.58. The number of aryl methyl sites for hydroxylation is 2.